The topological polar surface area (TPSA) is 111 Å². The minimum Gasteiger partial charge on any atom is -0.365 e. The molecule has 1 fully saturated rings. The Labute approximate surface area is 270 Å². The molecule has 0 saturated heterocycles. The van der Waals surface area contributed by atoms with Crippen molar-refractivity contribution in [3.8, 4) is 11.3 Å². The van der Waals surface area contributed by atoms with Crippen LogP contribution in [0.2, 0.25) is 0 Å². The number of amides is 1. The van der Waals surface area contributed by atoms with Crippen LogP contribution in [0.4, 0.5) is 32.2 Å². The summed E-state index contributed by atoms with van der Waals surface area (Å²) in [5, 5.41) is 5.17. The van der Waals surface area contributed by atoms with Crippen LogP contribution in [-0.2, 0) is 23.2 Å². The highest BCUT2D eigenvalue weighted by atomic mass is 32.2. The van der Waals surface area contributed by atoms with Crippen molar-refractivity contribution in [2.45, 2.75) is 55.8 Å². The van der Waals surface area contributed by atoms with Gasteiger partial charge in [-0.25, -0.2) is 35.5 Å². The molecule has 1 aliphatic carbocycles. The zero-order valence-electron chi connectivity index (χ0n) is 25.4. The molecular formula is C32H28F6N6O3S. The first-order valence-corrected chi connectivity index (χ1v) is 16.2. The highest BCUT2D eigenvalue weighted by molar-refractivity contribution is 7.90. The quantitative estimate of drug-likeness (QED) is 0.187. The highest BCUT2D eigenvalue weighted by Crippen LogP contribution is 2.42. The summed E-state index contributed by atoms with van der Waals surface area (Å²) in [5.41, 5.74) is -2.89. The normalized spacial score (nSPS) is 17.1. The molecule has 3 aromatic heterocycles. The molecule has 9 nitrogen and oxygen atoms in total. The lowest BCUT2D eigenvalue weighted by Gasteiger charge is -2.30. The Bertz CT molecular complexity index is 2140. The zero-order valence-corrected chi connectivity index (χ0v) is 26.3. The van der Waals surface area contributed by atoms with Crippen molar-refractivity contribution in [2.24, 2.45) is 7.05 Å². The van der Waals surface area contributed by atoms with Crippen LogP contribution in [0.15, 0.2) is 66.1 Å². The number of hydrogen-bond donors (Lipinski definition) is 2. The third-order valence-corrected chi connectivity index (χ3v) is 9.86. The monoisotopic (exact) mass is 690 g/mol. The van der Waals surface area contributed by atoms with Gasteiger partial charge in [0.05, 0.1) is 22.5 Å². The van der Waals surface area contributed by atoms with E-state index >= 15 is 8.78 Å². The van der Waals surface area contributed by atoms with Gasteiger partial charge in [-0.3, -0.25) is 4.79 Å². The van der Waals surface area contributed by atoms with E-state index in [1.165, 1.54) is 36.8 Å². The van der Waals surface area contributed by atoms with Crippen LogP contribution in [0.5, 0.6) is 0 Å². The standard InChI is InChI=1S/C32H28F6N6O3S/c1-17-6-8-21(9-7-17)48(46,47)44-14-23(22-10-18(33)11-25(34)29(22)44)28-24(32(36,37)38)13-26(35)30(42-28)40-19-4-3-5-20(12-19)41-31(45)27-15-43(2)16-39-27/h6-11,13-16,19-20H,3-5,12H2,1-2H3,(H,40,42)(H,41,45)/t19-,20+/m1/s1. The molecule has 2 aromatic carbocycles. The van der Waals surface area contributed by atoms with E-state index in [4.69, 9.17) is 0 Å². The summed E-state index contributed by atoms with van der Waals surface area (Å²) in [6.07, 6.45) is 0.472. The second-order valence-electron chi connectivity index (χ2n) is 11.8. The van der Waals surface area contributed by atoms with Crippen molar-refractivity contribution < 1.29 is 39.6 Å². The van der Waals surface area contributed by atoms with Gasteiger partial charge in [-0.1, -0.05) is 17.7 Å². The number of aromatic nitrogens is 4. The number of halogens is 6. The summed E-state index contributed by atoms with van der Waals surface area (Å²) in [6.45, 7) is 1.71. The number of carbonyl (C=O) groups is 1. The lowest BCUT2D eigenvalue weighted by Crippen LogP contribution is -2.42. The number of pyridine rings is 1. The van der Waals surface area contributed by atoms with Gasteiger partial charge in [0.25, 0.3) is 15.9 Å². The number of imidazole rings is 1. The van der Waals surface area contributed by atoms with E-state index in [-0.39, 0.29) is 29.1 Å². The molecule has 48 heavy (non-hydrogen) atoms. The van der Waals surface area contributed by atoms with Gasteiger partial charge in [0, 0.05) is 48.5 Å². The van der Waals surface area contributed by atoms with Crippen molar-refractivity contribution in [3.63, 3.8) is 0 Å². The fourth-order valence-electron chi connectivity index (χ4n) is 5.89. The third kappa shape index (κ3) is 6.35. The third-order valence-electron chi connectivity index (χ3n) is 8.19. The average molecular weight is 691 g/mol. The number of fused-ring (bicyclic) bond motifs is 1. The molecule has 252 valence electrons. The summed E-state index contributed by atoms with van der Waals surface area (Å²) in [7, 11) is -2.91. The Morgan fingerprint density at radius 2 is 1.69 bits per heavy atom. The van der Waals surface area contributed by atoms with Gasteiger partial charge in [-0.2, -0.15) is 13.2 Å². The zero-order chi connectivity index (χ0) is 34.5. The first-order valence-electron chi connectivity index (χ1n) is 14.8. The Balaban J connectivity index is 1.42. The Kier molecular flexibility index (Phi) is 8.47. The van der Waals surface area contributed by atoms with Crippen LogP contribution in [0, 0.1) is 24.4 Å². The maximum atomic E-state index is 15.3. The first kappa shape index (κ1) is 33.1. The number of anilines is 1. The van der Waals surface area contributed by atoms with Crippen molar-refractivity contribution in [2.75, 3.05) is 5.32 Å². The van der Waals surface area contributed by atoms with Gasteiger partial charge in [-0.05, 0) is 56.9 Å². The smallest absolute Gasteiger partial charge is 0.365 e. The summed E-state index contributed by atoms with van der Waals surface area (Å²) in [5.74, 6) is -4.87. The molecule has 3 heterocycles. The molecule has 1 aliphatic rings. The second kappa shape index (κ2) is 12.3. The number of alkyl halides is 3. The van der Waals surface area contributed by atoms with Crippen LogP contribution in [-0.4, -0.2) is 44.9 Å². The van der Waals surface area contributed by atoms with Crippen molar-refractivity contribution in [1.82, 2.24) is 23.8 Å². The largest absolute Gasteiger partial charge is 0.418 e. The van der Waals surface area contributed by atoms with E-state index in [1.54, 1.807) is 18.5 Å². The molecule has 1 saturated carbocycles. The van der Waals surface area contributed by atoms with E-state index in [0.717, 1.165) is 6.20 Å². The van der Waals surface area contributed by atoms with Gasteiger partial charge in [0.15, 0.2) is 17.5 Å². The maximum Gasteiger partial charge on any atom is 0.418 e. The molecular weight excluding hydrogens is 662 g/mol. The molecule has 1 amide bonds. The number of benzene rings is 2. The summed E-state index contributed by atoms with van der Waals surface area (Å²) in [6, 6.07) is 5.88. The van der Waals surface area contributed by atoms with E-state index in [2.05, 4.69) is 20.6 Å². The molecule has 0 spiro atoms. The van der Waals surface area contributed by atoms with Gasteiger partial charge in [0.2, 0.25) is 0 Å². The van der Waals surface area contributed by atoms with Gasteiger partial charge >= 0.3 is 6.18 Å². The van der Waals surface area contributed by atoms with Gasteiger partial charge in [-0.15, -0.1) is 0 Å². The average Bonchev–Trinajstić information content (AvgIpc) is 3.62. The van der Waals surface area contributed by atoms with Crippen molar-refractivity contribution in [3.05, 3.63) is 95.5 Å². The molecule has 0 aliphatic heterocycles. The minimum atomic E-state index is -5.19. The second-order valence-corrected chi connectivity index (χ2v) is 13.6. The SMILES string of the molecule is Cc1ccc(S(=O)(=O)n2cc(-c3nc(N[C@@H]4CCC[C@H](NC(=O)c5cn(C)cn5)C4)c(F)cc3C(F)(F)F)c3cc(F)cc(F)c32)cc1. The summed E-state index contributed by atoms with van der Waals surface area (Å²) in [4.78, 5) is 20.3. The predicted molar refractivity (Wildman–Crippen MR) is 164 cm³/mol. The highest BCUT2D eigenvalue weighted by Gasteiger charge is 2.38. The molecule has 16 heteroatoms. The van der Waals surface area contributed by atoms with E-state index in [0.29, 0.717) is 40.9 Å². The number of aryl methyl sites for hydroxylation is 2. The van der Waals surface area contributed by atoms with Gasteiger partial charge in [0.1, 0.15) is 17.0 Å². The molecule has 0 unspecified atom stereocenters. The van der Waals surface area contributed by atoms with E-state index in [1.807, 2.05) is 0 Å². The number of rotatable bonds is 7. The molecule has 5 aromatic rings. The molecule has 0 bridgehead atoms. The van der Waals surface area contributed by atoms with Crippen LogP contribution in [0.25, 0.3) is 22.2 Å². The van der Waals surface area contributed by atoms with Crippen LogP contribution in [0.3, 0.4) is 0 Å². The number of hydrogen-bond acceptors (Lipinski definition) is 6. The number of nitrogens with zero attached hydrogens (tertiary/aromatic N) is 4. The Morgan fingerprint density at radius 3 is 2.35 bits per heavy atom. The lowest BCUT2D eigenvalue weighted by atomic mass is 9.90. The fraction of sp³-hybridized carbons (Fsp3) is 0.281. The number of nitrogens with one attached hydrogen (secondary N) is 2. The summed E-state index contributed by atoms with van der Waals surface area (Å²) >= 11 is 0. The maximum absolute atomic E-state index is 15.3. The molecule has 2 N–H and O–H groups in total. The van der Waals surface area contributed by atoms with E-state index < -0.39 is 79.1 Å². The van der Waals surface area contributed by atoms with Crippen LogP contribution >= 0.6 is 0 Å². The first-order chi connectivity index (χ1) is 22.6. The number of carbonyl (C=O) groups excluding carboxylic acids is 1. The lowest BCUT2D eigenvalue weighted by molar-refractivity contribution is -0.137. The summed E-state index contributed by atoms with van der Waals surface area (Å²) < 4.78 is 118. The Hall–Kier alpha value is -4.86. The fourth-order valence-corrected chi connectivity index (χ4v) is 7.27. The van der Waals surface area contributed by atoms with Gasteiger partial charge < -0.3 is 15.2 Å². The molecule has 0 radical (unpaired) electrons. The van der Waals surface area contributed by atoms with Crippen molar-refractivity contribution in [1.29, 1.82) is 0 Å². The van der Waals surface area contributed by atoms with E-state index in [9.17, 15) is 30.8 Å². The molecule has 6 rings (SSSR count). The Morgan fingerprint density at radius 1 is 0.979 bits per heavy atom. The predicted octanol–water partition coefficient (Wildman–Crippen LogP) is 6.57. The van der Waals surface area contributed by atoms with Crippen LogP contribution < -0.4 is 10.6 Å². The molecule has 2 atom stereocenters. The van der Waals surface area contributed by atoms with Crippen LogP contribution in [0.1, 0.15) is 47.3 Å². The van der Waals surface area contributed by atoms with Crippen molar-refractivity contribution >= 4 is 32.7 Å². The minimum absolute atomic E-state index is 0.198.